The van der Waals surface area contributed by atoms with E-state index < -0.39 is 0 Å². The molecule has 2 rings (SSSR count). The first-order valence-electron chi connectivity index (χ1n) is 5.56. The molecule has 2 aromatic rings. The van der Waals surface area contributed by atoms with E-state index in [0.717, 1.165) is 22.3 Å². The summed E-state index contributed by atoms with van der Waals surface area (Å²) in [4.78, 5) is 0. The van der Waals surface area contributed by atoms with Gasteiger partial charge in [0.05, 0.1) is 0 Å². The molecule has 0 heterocycles. The lowest BCUT2D eigenvalue weighted by Gasteiger charge is -2.07. The molecule has 90 valence electrons. The lowest BCUT2D eigenvalue weighted by atomic mass is 10.00. The van der Waals surface area contributed by atoms with E-state index in [1.54, 1.807) is 36.4 Å². The van der Waals surface area contributed by atoms with Crippen molar-refractivity contribution in [3.05, 3.63) is 60.7 Å². The summed E-state index contributed by atoms with van der Waals surface area (Å²) in [5, 5.41) is 19.3. The predicted molar refractivity (Wildman–Crippen MR) is 75.4 cm³/mol. The highest BCUT2D eigenvalue weighted by atomic mass is 16.3. The van der Waals surface area contributed by atoms with Crippen LogP contribution in [0.3, 0.4) is 0 Å². The number of aromatic hydroxyl groups is 2. The molecule has 0 atom stereocenters. The topological polar surface area (TPSA) is 40.5 Å². The van der Waals surface area contributed by atoms with Crippen LogP contribution in [-0.2, 0) is 0 Å². The SMILES string of the molecule is C=Cc1cc(O)cc(-c2cc(O)cc(C=C)c2)c1. The molecule has 18 heavy (non-hydrogen) atoms. The second kappa shape index (κ2) is 4.80. The number of phenols is 2. The molecule has 0 aliphatic heterocycles. The quantitative estimate of drug-likeness (QED) is 0.846. The van der Waals surface area contributed by atoms with Crippen molar-refractivity contribution in [1.29, 1.82) is 0 Å². The van der Waals surface area contributed by atoms with Gasteiger partial charge in [-0.15, -0.1) is 0 Å². The van der Waals surface area contributed by atoms with Gasteiger partial charge in [0.2, 0.25) is 0 Å². The number of hydrogen-bond acceptors (Lipinski definition) is 2. The second-order valence-electron chi connectivity index (χ2n) is 4.03. The van der Waals surface area contributed by atoms with Crippen LogP contribution in [0, 0.1) is 0 Å². The summed E-state index contributed by atoms with van der Waals surface area (Å²) in [6, 6.07) is 10.4. The van der Waals surface area contributed by atoms with E-state index in [1.807, 2.05) is 12.1 Å². The maximum atomic E-state index is 9.65. The first-order chi connectivity index (χ1) is 8.62. The van der Waals surface area contributed by atoms with Gasteiger partial charge in [0.1, 0.15) is 11.5 Å². The number of rotatable bonds is 3. The van der Waals surface area contributed by atoms with Gasteiger partial charge in [-0.25, -0.2) is 0 Å². The van der Waals surface area contributed by atoms with Gasteiger partial charge < -0.3 is 10.2 Å². The Labute approximate surface area is 106 Å². The van der Waals surface area contributed by atoms with Gasteiger partial charge in [-0.3, -0.25) is 0 Å². The van der Waals surface area contributed by atoms with E-state index in [-0.39, 0.29) is 11.5 Å². The maximum Gasteiger partial charge on any atom is 0.116 e. The van der Waals surface area contributed by atoms with Gasteiger partial charge >= 0.3 is 0 Å². The van der Waals surface area contributed by atoms with Crippen LogP contribution in [-0.4, -0.2) is 10.2 Å². The normalized spacial score (nSPS) is 10.0. The standard InChI is InChI=1S/C16H14O2/c1-3-11-5-13(9-15(17)7-11)14-6-12(4-2)8-16(18)10-14/h3-10,17-18H,1-2H2. The predicted octanol–water partition coefficient (Wildman–Crippen LogP) is 4.05. The summed E-state index contributed by atoms with van der Waals surface area (Å²) in [5.41, 5.74) is 3.30. The van der Waals surface area contributed by atoms with Gasteiger partial charge in [-0.05, 0) is 58.7 Å². The molecule has 2 heteroatoms. The van der Waals surface area contributed by atoms with Crippen molar-refractivity contribution in [3.63, 3.8) is 0 Å². The Hall–Kier alpha value is -2.48. The molecule has 2 aromatic carbocycles. The second-order valence-corrected chi connectivity index (χ2v) is 4.03. The van der Waals surface area contributed by atoms with Crippen LogP contribution < -0.4 is 0 Å². The molecule has 0 saturated carbocycles. The summed E-state index contributed by atoms with van der Waals surface area (Å²) >= 11 is 0. The van der Waals surface area contributed by atoms with Crippen LogP contribution in [0.4, 0.5) is 0 Å². The zero-order valence-electron chi connectivity index (χ0n) is 9.93. The van der Waals surface area contributed by atoms with E-state index in [9.17, 15) is 10.2 Å². The molecule has 0 bridgehead atoms. The van der Waals surface area contributed by atoms with E-state index in [0.29, 0.717) is 0 Å². The Kier molecular flexibility index (Phi) is 3.20. The molecule has 0 aromatic heterocycles. The first-order valence-corrected chi connectivity index (χ1v) is 5.56. The minimum Gasteiger partial charge on any atom is -0.508 e. The highest BCUT2D eigenvalue weighted by Gasteiger charge is 2.04. The van der Waals surface area contributed by atoms with E-state index in [2.05, 4.69) is 13.2 Å². The summed E-state index contributed by atoms with van der Waals surface area (Å²) in [6.45, 7) is 7.36. The number of phenolic OH excluding ortho intramolecular Hbond substituents is 2. The highest BCUT2D eigenvalue weighted by Crippen LogP contribution is 2.29. The molecule has 0 aliphatic rings. The summed E-state index contributed by atoms with van der Waals surface area (Å²) in [6.07, 6.45) is 3.33. The van der Waals surface area contributed by atoms with Crippen molar-refractivity contribution in [2.24, 2.45) is 0 Å². The maximum absolute atomic E-state index is 9.65. The van der Waals surface area contributed by atoms with E-state index in [4.69, 9.17) is 0 Å². The highest BCUT2D eigenvalue weighted by molar-refractivity contribution is 5.72. The summed E-state index contributed by atoms with van der Waals surface area (Å²) < 4.78 is 0. The molecule has 0 spiro atoms. The average molecular weight is 238 g/mol. The van der Waals surface area contributed by atoms with Crippen molar-refractivity contribution < 1.29 is 10.2 Å². The fourth-order valence-corrected chi connectivity index (χ4v) is 1.84. The molecule has 0 fully saturated rings. The van der Waals surface area contributed by atoms with Gasteiger partial charge in [0, 0.05) is 0 Å². The largest absolute Gasteiger partial charge is 0.508 e. The van der Waals surface area contributed by atoms with Crippen LogP contribution in [0.15, 0.2) is 49.6 Å². The minimum atomic E-state index is 0.172. The van der Waals surface area contributed by atoms with Crippen molar-refractivity contribution in [1.82, 2.24) is 0 Å². The van der Waals surface area contributed by atoms with Gasteiger partial charge in [0.15, 0.2) is 0 Å². The Balaban J connectivity index is 2.60. The molecule has 0 saturated heterocycles. The Morgan fingerprint density at radius 1 is 0.667 bits per heavy atom. The minimum absolute atomic E-state index is 0.172. The first kappa shape index (κ1) is 12.0. The lowest BCUT2D eigenvalue weighted by molar-refractivity contribution is 0.474. The van der Waals surface area contributed by atoms with Crippen LogP contribution in [0.5, 0.6) is 11.5 Å². The van der Waals surface area contributed by atoms with Crippen LogP contribution in [0.1, 0.15) is 11.1 Å². The molecular formula is C16H14O2. The Morgan fingerprint density at radius 3 is 1.39 bits per heavy atom. The Bertz CT molecular complexity index is 557. The van der Waals surface area contributed by atoms with Crippen LogP contribution >= 0.6 is 0 Å². The molecule has 0 radical (unpaired) electrons. The van der Waals surface area contributed by atoms with Crippen molar-refractivity contribution in [2.45, 2.75) is 0 Å². The molecule has 2 nitrogen and oxygen atoms in total. The summed E-state index contributed by atoms with van der Waals surface area (Å²) in [5.74, 6) is 0.344. The molecule has 2 N–H and O–H groups in total. The zero-order chi connectivity index (χ0) is 13.1. The van der Waals surface area contributed by atoms with E-state index in [1.165, 1.54) is 0 Å². The van der Waals surface area contributed by atoms with Crippen LogP contribution in [0.2, 0.25) is 0 Å². The molecule has 0 aliphatic carbocycles. The fourth-order valence-electron chi connectivity index (χ4n) is 1.84. The van der Waals surface area contributed by atoms with Crippen LogP contribution in [0.25, 0.3) is 23.3 Å². The third-order valence-corrected chi connectivity index (χ3v) is 2.68. The smallest absolute Gasteiger partial charge is 0.116 e. The average Bonchev–Trinajstić information content (AvgIpc) is 2.37. The fraction of sp³-hybridized carbons (Fsp3) is 0. The number of benzene rings is 2. The Morgan fingerprint density at radius 2 is 1.06 bits per heavy atom. The third-order valence-electron chi connectivity index (χ3n) is 2.68. The van der Waals surface area contributed by atoms with Crippen molar-refractivity contribution in [3.8, 4) is 22.6 Å². The van der Waals surface area contributed by atoms with Gasteiger partial charge in [-0.1, -0.05) is 25.3 Å². The monoisotopic (exact) mass is 238 g/mol. The molecular weight excluding hydrogens is 224 g/mol. The van der Waals surface area contributed by atoms with Gasteiger partial charge in [0.25, 0.3) is 0 Å². The van der Waals surface area contributed by atoms with Gasteiger partial charge in [-0.2, -0.15) is 0 Å². The summed E-state index contributed by atoms with van der Waals surface area (Å²) in [7, 11) is 0. The zero-order valence-corrected chi connectivity index (χ0v) is 9.93. The molecule has 0 unspecified atom stereocenters. The molecule has 0 amide bonds. The van der Waals surface area contributed by atoms with E-state index >= 15 is 0 Å². The van der Waals surface area contributed by atoms with Crippen molar-refractivity contribution >= 4 is 12.2 Å². The van der Waals surface area contributed by atoms with Crippen molar-refractivity contribution in [2.75, 3.05) is 0 Å². The number of hydrogen-bond donors (Lipinski definition) is 2. The lowest BCUT2D eigenvalue weighted by Crippen LogP contribution is -1.82. The third kappa shape index (κ3) is 2.43.